The summed E-state index contributed by atoms with van der Waals surface area (Å²) in [7, 11) is 1.35. The molecule has 0 aromatic heterocycles. The van der Waals surface area contributed by atoms with E-state index in [1.54, 1.807) is 0 Å². The zero-order valence-corrected chi connectivity index (χ0v) is 6.87. The molecule has 1 N–H and O–H groups in total. The van der Waals surface area contributed by atoms with Crippen molar-refractivity contribution in [3.63, 3.8) is 0 Å². The molecule has 1 rings (SSSR count). The first-order valence-corrected chi connectivity index (χ1v) is 3.76. The molecular formula is C8H11NO3. The highest BCUT2D eigenvalue weighted by Gasteiger charge is 2.25. The van der Waals surface area contributed by atoms with Crippen LogP contribution < -0.4 is 5.32 Å². The lowest BCUT2D eigenvalue weighted by molar-refractivity contribution is -0.142. The van der Waals surface area contributed by atoms with E-state index in [0.717, 1.165) is 12.1 Å². The van der Waals surface area contributed by atoms with Gasteiger partial charge in [0.25, 0.3) is 0 Å². The average molecular weight is 169 g/mol. The van der Waals surface area contributed by atoms with Gasteiger partial charge in [0.05, 0.1) is 7.11 Å². The molecule has 0 bridgehead atoms. The zero-order valence-electron chi connectivity index (χ0n) is 6.87. The molecule has 0 radical (unpaired) electrons. The third-order valence-corrected chi connectivity index (χ3v) is 1.82. The van der Waals surface area contributed by atoms with Crippen LogP contribution in [-0.2, 0) is 14.3 Å². The van der Waals surface area contributed by atoms with Crippen LogP contribution in [0.1, 0.15) is 12.8 Å². The van der Waals surface area contributed by atoms with Gasteiger partial charge >= 0.3 is 5.97 Å². The lowest BCUT2D eigenvalue weighted by Crippen LogP contribution is -2.30. The molecule has 0 unspecified atom stereocenters. The first-order valence-electron chi connectivity index (χ1n) is 3.76. The van der Waals surface area contributed by atoms with Crippen LogP contribution in [-0.4, -0.2) is 25.4 Å². The van der Waals surface area contributed by atoms with Crippen LogP contribution in [0.4, 0.5) is 0 Å². The third-order valence-electron chi connectivity index (χ3n) is 1.82. The number of hydrogen-bond acceptors (Lipinski definition) is 4. The summed E-state index contributed by atoms with van der Waals surface area (Å²) < 4.78 is 4.54. The normalized spacial score (nSPS) is 25.1. The van der Waals surface area contributed by atoms with Gasteiger partial charge in [-0.05, 0) is 18.9 Å². The molecule has 1 atom stereocenters. The molecule has 1 aliphatic rings. The van der Waals surface area contributed by atoms with E-state index in [0.29, 0.717) is 12.7 Å². The second-order valence-electron chi connectivity index (χ2n) is 2.59. The van der Waals surface area contributed by atoms with E-state index < -0.39 is 0 Å². The van der Waals surface area contributed by atoms with E-state index in [-0.39, 0.29) is 12.0 Å². The molecule has 66 valence electrons. The largest absolute Gasteiger partial charge is 0.467 e. The van der Waals surface area contributed by atoms with Gasteiger partial charge in [-0.1, -0.05) is 0 Å². The van der Waals surface area contributed by atoms with Crippen molar-refractivity contribution in [1.82, 2.24) is 5.32 Å². The highest BCUT2D eigenvalue weighted by atomic mass is 16.5. The monoisotopic (exact) mass is 169 g/mol. The van der Waals surface area contributed by atoms with E-state index in [4.69, 9.17) is 0 Å². The molecule has 12 heavy (non-hydrogen) atoms. The van der Waals surface area contributed by atoms with Gasteiger partial charge < -0.3 is 10.1 Å². The number of aldehydes is 1. The van der Waals surface area contributed by atoms with E-state index in [9.17, 15) is 9.59 Å². The molecule has 1 fully saturated rings. The number of hydrogen-bond donors (Lipinski definition) is 1. The van der Waals surface area contributed by atoms with Crippen LogP contribution in [0.5, 0.6) is 0 Å². The third kappa shape index (κ3) is 1.84. The molecule has 0 aromatic rings. The van der Waals surface area contributed by atoms with Crippen molar-refractivity contribution < 1.29 is 14.3 Å². The van der Waals surface area contributed by atoms with Crippen LogP contribution in [0.25, 0.3) is 0 Å². The standard InChI is InChI=1S/C8H11NO3/c1-12-8(11)7-3-2-6(9-7)4-5-10/h4-5,7,9H,2-3H2,1H3/b6-4-/t7-/m0/s1. The topological polar surface area (TPSA) is 55.4 Å². The summed E-state index contributed by atoms with van der Waals surface area (Å²) in [4.78, 5) is 21.0. The predicted octanol–water partition coefficient (Wildman–Crippen LogP) is -0.00580. The summed E-state index contributed by atoms with van der Waals surface area (Å²) in [6.07, 6.45) is 3.58. The second-order valence-corrected chi connectivity index (χ2v) is 2.59. The van der Waals surface area contributed by atoms with Crippen LogP contribution in [0.15, 0.2) is 11.8 Å². The van der Waals surface area contributed by atoms with Crippen molar-refractivity contribution >= 4 is 12.3 Å². The Hall–Kier alpha value is -1.32. The van der Waals surface area contributed by atoms with E-state index in [2.05, 4.69) is 10.1 Å². The van der Waals surface area contributed by atoms with Gasteiger partial charge in [-0.25, -0.2) is 4.79 Å². The Bertz CT molecular complexity index is 222. The fraction of sp³-hybridized carbons (Fsp3) is 0.500. The van der Waals surface area contributed by atoms with Gasteiger partial charge in [0.2, 0.25) is 0 Å². The molecule has 1 saturated heterocycles. The minimum atomic E-state index is -0.277. The first kappa shape index (κ1) is 8.77. The van der Waals surface area contributed by atoms with E-state index in [1.165, 1.54) is 13.2 Å². The van der Waals surface area contributed by atoms with Crippen molar-refractivity contribution in [2.75, 3.05) is 7.11 Å². The Kier molecular flexibility index (Phi) is 2.85. The SMILES string of the molecule is COC(=O)[C@@H]1CC/C(=C/C=O)N1. The zero-order chi connectivity index (χ0) is 8.97. The van der Waals surface area contributed by atoms with Gasteiger partial charge in [0.15, 0.2) is 0 Å². The summed E-state index contributed by atoms with van der Waals surface area (Å²) in [5.74, 6) is -0.274. The lowest BCUT2D eigenvalue weighted by Gasteiger charge is -2.06. The summed E-state index contributed by atoms with van der Waals surface area (Å²) in [5, 5.41) is 2.90. The smallest absolute Gasteiger partial charge is 0.328 e. The number of nitrogens with one attached hydrogen (secondary N) is 1. The van der Waals surface area contributed by atoms with Crippen LogP contribution >= 0.6 is 0 Å². The van der Waals surface area contributed by atoms with Crippen molar-refractivity contribution in [3.05, 3.63) is 11.8 Å². The molecule has 0 amide bonds. The Morgan fingerprint density at radius 3 is 3.08 bits per heavy atom. The second kappa shape index (κ2) is 3.90. The van der Waals surface area contributed by atoms with Gasteiger partial charge in [0.1, 0.15) is 12.3 Å². The minimum absolute atomic E-state index is 0.274. The van der Waals surface area contributed by atoms with E-state index in [1.807, 2.05) is 0 Å². The van der Waals surface area contributed by atoms with E-state index >= 15 is 0 Å². The van der Waals surface area contributed by atoms with Crippen molar-refractivity contribution in [1.29, 1.82) is 0 Å². The Morgan fingerprint density at radius 1 is 1.75 bits per heavy atom. The van der Waals surface area contributed by atoms with Gasteiger partial charge in [0, 0.05) is 5.70 Å². The highest BCUT2D eigenvalue weighted by molar-refractivity contribution is 5.77. The maximum Gasteiger partial charge on any atom is 0.328 e. The molecular weight excluding hydrogens is 158 g/mol. The minimum Gasteiger partial charge on any atom is -0.467 e. The average Bonchev–Trinajstić information content (AvgIpc) is 2.52. The molecule has 0 aromatic carbocycles. The Labute approximate surface area is 70.6 Å². The maximum atomic E-state index is 11.0. The number of methoxy groups -OCH3 is 1. The molecule has 1 aliphatic heterocycles. The quantitative estimate of drug-likeness (QED) is 0.359. The van der Waals surface area contributed by atoms with Gasteiger partial charge in [-0.2, -0.15) is 0 Å². The summed E-state index contributed by atoms with van der Waals surface area (Å²) in [6, 6.07) is -0.277. The number of carbonyl (C=O) groups excluding carboxylic acids is 2. The fourth-order valence-electron chi connectivity index (χ4n) is 1.20. The predicted molar refractivity (Wildman–Crippen MR) is 42.3 cm³/mol. The first-order chi connectivity index (χ1) is 5.77. The van der Waals surface area contributed by atoms with Crippen molar-refractivity contribution in [2.24, 2.45) is 0 Å². The summed E-state index contributed by atoms with van der Waals surface area (Å²) >= 11 is 0. The highest BCUT2D eigenvalue weighted by Crippen LogP contribution is 2.15. The number of allylic oxidation sites excluding steroid dienone is 2. The molecule has 0 aliphatic carbocycles. The summed E-state index contributed by atoms with van der Waals surface area (Å²) in [6.45, 7) is 0. The molecule has 0 saturated carbocycles. The van der Waals surface area contributed by atoms with Crippen molar-refractivity contribution in [2.45, 2.75) is 18.9 Å². The van der Waals surface area contributed by atoms with Crippen LogP contribution in [0, 0.1) is 0 Å². The summed E-state index contributed by atoms with van der Waals surface area (Å²) in [5.41, 5.74) is 0.806. The number of esters is 1. The molecule has 4 heteroatoms. The lowest BCUT2D eigenvalue weighted by atomic mass is 10.2. The van der Waals surface area contributed by atoms with Crippen LogP contribution in [0.2, 0.25) is 0 Å². The molecule has 4 nitrogen and oxygen atoms in total. The van der Waals surface area contributed by atoms with Crippen LogP contribution in [0.3, 0.4) is 0 Å². The fourth-order valence-corrected chi connectivity index (χ4v) is 1.20. The molecule has 0 spiro atoms. The Morgan fingerprint density at radius 2 is 2.50 bits per heavy atom. The molecule has 1 heterocycles. The number of ether oxygens (including phenoxy) is 1. The maximum absolute atomic E-state index is 11.0. The van der Waals surface area contributed by atoms with Crippen molar-refractivity contribution in [3.8, 4) is 0 Å². The van der Waals surface area contributed by atoms with Gasteiger partial charge in [-0.15, -0.1) is 0 Å². The van der Waals surface area contributed by atoms with Gasteiger partial charge in [-0.3, -0.25) is 4.79 Å². The Balaban J connectivity index is 2.50. The number of carbonyl (C=O) groups is 2. The number of rotatable bonds is 2.